The quantitative estimate of drug-likeness (QED) is 0.698. The molecule has 0 spiro atoms. The third-order valence-corrected chi connectivity index (χ3v) is 7.67. The number of sulfonamides is 1. The summed E-state index contributed by atoms with van der Waals surface area (Å²) in [6, 6.07) is 11.7. The molecule has 1 aromatic heterocycles. The van der Waals surface area contributed by atoms with E-state index < -0.39 is 10.0 Å². The summed E-state index contributed by atoms with van der Waals surface area (Å²) < 4.78 is 28.0. The van der Waals surface area contributed by atoms with Crippen molar-refractivity contribution in [2.75, 3.05) is 18.4 Å². The summed E-state index contributed by atoms with van der Waals surface area (Å²) in [7, 11) is -3.49. The smallest absolute Gasteiger partial charge is 0.255 e. The maximum Gasteiger partial charge on any atom is 0.255 e. The number of hydrogen-bond donors (Lipinski definition) is 1. The van der Waals surface area contributed by atoms with Gasteiger partial charge in [0.15, 0.2) is 0 Å². The van der Waals surface area contributed by atoms with Gasteiger partial charge in [-0.3, -0.25) is 4.79 Å². The van der Waals surface area contributed by atoms with Gasteiger partial charge in [-0.05, 0) is 62.2 Å². The summed E-state index contributed by atoms with van der Waals surface area (Å²) in [5, 5.41) is 3.84. The lowest BCUT2D eigenvalue weighted by Gasteiger charge is -2.25. The molecule has 1 amide bonds. The molecular weight excluding hydrogens is 394 g/mol. The zero-order valence-corrected chi connectivity index (χ0v) is 17.1. The van der Waals surface area contributed by atoms with Crippen LogP contribution in [-0.4, -0.2) is 36.7 Å². The molecule has 146 valence electrons. The first-order valence-electron chi connectivity index (χ1n) is 9.22. The first-order chi connectivity index (χ1) is 13.4. The molecule has 0 bridgehead atoms. The number of aryl methyl sites for hydroxylation is 1. The minimum atomic E-state index is -3.49. The molecule has 0 unspecified atom stereocenters. The number of aromatic nitrogens is 1. The molecule has 2 heterocycles. The van der Waals surface area contributed by atoms with Crippen LogP contribution in [0.25, 0.3) is 10.2 Å². The number of carbonyl (C=O) groups is 1. The highest BCUT2D eigenvalue weighted by molar-refractivity contribution is 7.89. The number of anilines is 1. The first kappa shape index (κ1) is 19.0. The lowest BCUT2D eigenvalue weighted by Crippen LogP contribution is -2.35. The average Bonchev–Trinajstić information content (AvgIpc) is 3.08. The summed E-state index contributed by atoms with van der Waals surface area (Å²) in [6.07, 6.45) is 2.85. The lowest BCUT2D eigenvalue weighted by atomic mass is 10.2. The number of hydrogen-bond acceptors (Lipinski definition) is 5. The molecule has 2 aromatic carbocycles. The summed E-state index contributed by atoms with van der Waals surface area (Å²) >= 11 is 1.57. The number of rotatable bonds is 4. The number of nitrogens with zero attached hydrogens (tertiary/aromatic N) is 2. The van der Waals surface area contributed by atoms with Gasteiger partial charge in [0.05, 0.1) is 20.1 Å². The number of amides is 1. The van der Waals surface area contributed by atoms with Crippen molar-refractivity contribution in [2.24, 2.45) is 0 Å². The second-order valence-corrected chi connectivity index (χ2v) is 10.0. The molecule has 1 fully saturated rings. The highest BCUT2D eigenvalue weighted by atomic mass is 32.2. The third kappa shape index (κ3) is 3.80. The maximum atomic E-state index is 12.7. The summed E-state index contributed by atoms with van der Waals surface area (Å²) in [4.78, 5) is 17.2. The van der Waals surface area contributed by atoms with Gasteiger partial charge in [0.25, 0.3) is 5.91 Å². The fourth-order valence-electron chi connectivity index (χ4n) is 3.35. The Labute approximate surface area is 168 Å². The number of fused-ring (bicyclic) bond motifs is 1. The monoisotopic (exact) mass is 415 g/mol. The Morgan fingerprint density at radius 2 is 1.79 bits per heavy atom. The number of nitrogens with one attached hydrogen (secondary N) is 1. The van der Waals surface area contributed by atoms with Crippen LogP contribution in [0.1, 0.15) is 34.6 Å². The van der Waals surface area contributed by atoms with Crippen molar-refractivity contribution in [3.8, 4) is 0 Å². The zero-order valence-electron chi connectivity index (χ0n) is 15.5. The highest BCUT2D eigenvalue weighted by Crippen LogP contribution is 2.25. The minimum absolute atomic E-state index is 0.229. The maximum absolute atomic E-state index is 12.7. The Morgan fingerprint density at radius 3 is 2.50 bits per heavy atom. The van der Waals surface area contributed by atoms with Crippen LogP contribution in [0.4, 0.5) is 5.69 Å². The Hall–Kier alpha value is -2.29. The molecule has 0 radical (unpaired) electrons. The van der Waals surface area contributed by atoms with E-state index in [-0.39, 0.29) is 10.8 Å². The highest BCUT2D eigenvalue weighted by Gasteiger charge is 2.25. The van der Waals surface area contributed by atoms with Crippen molar-refractivity contribution in [1.82, 2.24) is 9.29 Å². The van der Waals surface area contributed by atoms with Crippen LogP contribution < -0.4 is 5.32 Å². The Balaban J connectivity index is 1.50. The van der Waals surface area contributed by atoms with Gasteiger partial charge in [0.2, 0.25) is 10.0 Å². The molecule has 1 aliphatic rings. The molecule has 6 nitrogen and oxygen atoms in total. The third-order valence-electron chi connectivity index (χ3n) is 4.82. The predicted octanol–water partition coefficient (Wildman–Crippen LogP) is 4.03. The van der Waals surface area contributed by atoms with Gasteiger partial charge >= 0.3 is 0 Å². The molecule has 8 heteroatoms. The van der Waals surface area contributed by atoms with E-state index in [0.717, 1.165) is 34.5 Å². The minimum Gasteiger partial charge on any atom is -0.322 e. The van der Waals surface area contributed by atoms with Crippen LogP contribution in [0.2, 0.25) is 0 Å². The SMILES string of the molecule is Cc1nc2ccc(NC(=O)c3ccc(S(=O)(=O)N4CCCCC4)cc3)cc2s1. The standard InChI is InChI=1S/C20H21N3O3S2/c1-14-21-18-10-7-16(13-19(18)27-14)22-20(24)15-5-8-17(9-6-15)28(25,26)23-11-3-2-4-12-23/h5-10,13H,2-4,11-12H2,1H3,(H,22,24). The summed E-state index contributed by atoms with van der Waals surface area (Å²) in [6.45, 7) is 3.07. The normalized spacial score (nSPS) is 15.6. The number of piperidine rings is 1. The van der Waals surface area contributed by atoms with E-state index in [1.165, 1.54) is 16.4 Å². The van der Waals surface area contributed by atoms with Crippen molar-refractivity contribution < 1.29 is 13.2 Å². The van der Waals surface area contributed by atoms with E-state index >= 15 is 0 Å². The molecule has 1 saturated heterocycles. The van der Waals surface area contributed by atoms with Gasteiger partial charge in [-0.2, -0.15) is 4.31 Å². The van der Waals surface area contributed by atoms with Crippen molar-refractivity contribution in [2.45, 2.75) is 31.1 Å². The number of carbonyl (C=O) groups excluding carboxylic acids is 1. The molecule has 0 aliphatic carbocycles. The van der Waals surface area contributed by atoms with Gasteiger partial charge in [0, 0.05) is 24.3 Å². The molecule has 0 atom stereocenters. The van der Waals surface area contributed by atoms with Gasteiger partial charge in [-0.25, -0.2) is 13.4 Å². The number of benzene rings is 2. The Kier molecular flexibility index (Phi) is 5.18. The second kappa shape index (κ2) is 7.62. The number of thiazole rings is 1. The van der Waals surface area contributed by atoms with Gasteiger partial charge < -0.3 is 5.32 Å². The fourth-order valence-corrected chi connectivity index (χ4v) is 5.74. The summed E-state index contributed by atoms with van der Waals surface area (Å²) in [5.41, 5.74) is 2.01. The van der Waals surface area contributed by atoms with Crippen LogP contribution in [0.3, 0.4) is 0 Å². The van der Waals surface area contributed by atoms with Crippen molar-refractivity contribution in [3.05, 3.63) is 53.0 Å². The largest absolute Gasteiger partial charge is 0.322 e. The average molecular weight is 416 g/mol. The fraction of sp³-hybridized carbons (Fsp3) is 0.300. The Morgan fingerprint density at radius 1 is 1.07 bits per heavy atom. The summed E-state index contributed by atoms with van der Waals surface area (Å²) in [5.74, 6) is -0.275. The molecule has 3 aromatic rings. The first-order valence-corrected chi connectivity index (χ1v) is 11.5. The Bertz CT molecular complexity index is 1120. The van der Waals surface area contributed by atoms with E-state index in [1.54, 1.807) is 23.5 Å². The van der Waals surface area contributed by atoms with Gasteiger partial charge in [-0.15, -0.1) is 11.3 Å². The van der Waals surface area contributed by atoms with Crippen molar-refractivity contribution in [3.63, 3.8) is 0 Å². The van der Waals surface area contributed by atoms with Crippen molar-refractivity contribution >= 4 is 43.2 Å². The van der Waals surface area contributed by atoms with E-state index in [2.05, 4.69) is 10.3 Å². The molecule has 4 rings (SSSR count). The van der Waals surface area contributed by atoms with E-state index in [0.29, 0.717) is 24.3 Å². The van der Waals surface area contributed by atoms with Crippen LogP contribution in [0.15, 0.2) is 47.4 Å². The van der Waals surface area contributed by atoms with Crippen LogP contribution in [-0.2, 0) is 10.0 Å². The van der Waals surface area contributed by atoms with Gasteiger partial charge in [-0.1, -0.05) is 6.42 Å². The predicted molar refractivity (Wildman–Crippen MR) is 111 cm³/mol. The van der Waals surface area contributed by atoms with E-state index in [1.807, 2.05) is 25.1 Å². The molecule has 28 heavy (non-hydrogen) atoms. The molecule has 1 N–H and O–H groups in total. The van der Waals surface area contributed by atoms with Crippen molar-refractivity contribution in [1.29, 1.82) is 0 Å². The molecule has 0 saturated carbocycles. The second-order valence-electron chi connectivity index (χ2n) is 6.86. The zero-order chi connectivity index (χ0) is 19.7. The van der Waals surface area contributed by atoms with E-state index in [4.69, 9.17) is 0 Å². The van der Waals surface area contributed by atoms with Crippen LogP contribution >= 0.6 is 11.3 Å². The topological polar surface area (TPSA) is 79.4 Å². The molecular formula is C20H21N3O3S2. The van der Waals surface area contributed by atoms with Crippen LogP contribution in [0, 0.1) is 6.92 Å². The van der Waals surface area contributed by atoms with Crippen LogP contribution in [0.5, 0.6) is 0 Å². The van der Waals surface area contributed by atoms with Gasteiger partial charge in [0.1, 0.15) is 0 Å². The molecule has 1 aliphatic heterocycles. The van der Waals surface area contributed by atoms with E-state index in [9.17, 15) is 13.2 Å². The lowest BCUT2D eigenvalue weighted by molar-refractivity contribution is 0.102.